The van der Waals surface area contributed by atoms with Crippen molar-refractivity contribution in [2.45, 2.75) is 6.92 Å². The van der Waals surface area contributed by atoms with Crippen molar-refractivity contribution in [1.29, 1.82) is 0 Å². The fraction of sp³-hybridized carbons (Fsp3) is 0.0833. The van der Waals surface area contributed by atoms with E-state index in [0.717, 1.165) is 10.6 Å². The molecule has 0 unspecified atom stereocenters. The highest BCUT2D eigenvalue weighted by Crippen LogP contribution is 2.11. The second-order valence-electron chi connectivity index (χ2n) is 3.00. The van der Waals surface area contributed by atoms with E-state index in [4.69, 9.17) is 0 Å². The Balaban J connectivity index is 2.34. The second kappa shape index (κ2) is 4.24. The smallest absolute Gasteiger partial charge is 0.138 e. The second-order valence-corrected chi connectivity index (χ2v) is 3.85. The van der Waals surface area contributed by atoms with Gasteiger partial charge in [-0.2, -0.15) is 0 Å². The molecule has 3 heteroatoms. The monoisotopic (exact) mass is 217 g/mol. The highest BCUT2D eigenvalue weighted by atomic mass is 32.1. The van der Waals surface area contributed by atoms with Crippen molar-refractivity contribution in [3.63, 3.8) is 0 Å². The molecular weight excluding hydrogens is 209 g/mol. The Morgan fingerprint density at radius 3 is 2.73 bits per heavy atom. The zero-order valence-corrected chi connectivity index (χ0v) is 8.94. The summed E-state index contributed by atoms with van der Waals surface area (Å²) in [6.45, 7) is 1.89. The molecular formula is C12H8FNS. The van der Waals surface area contributed by atoms with Gasteiger partial charge in [-0.3, -0.25) is 0 Å². The fourth-order valence-electron chi connectivity index (χ4n) is 1.11. The third-order valence-corrected chi connectivity index (χ3v) is 2.77. The van der Waals surface area contributed by atoms with Crippen molar-refractivity contribution in [3.05, 3.63) is 51.7 Å². The summed E-state index contributed by atoms with van der Waals surface area (Å²) in [6.07, 6.45) is 0. The predicted molar refractivity (Wildman–Crippen MR) is 59.2 cm³/mol. The SMILES string of the molecule is Cc1ncsc1C#Cc1ccccc1F. The predicted octanol–water partition coefficient (Wildman–Crippen LogP) is 2.99. The Labute approximate surface area is 91.6 Å². The first kappa shape index (κ1) is 9.88. The molecule has 1 heterocycles. The van der Waals surface area contributed by atoms with Crippen molar-refractivity contribution in [2.24, 2.45) is 0 Å². The van der Waals surface area contributed by atoms with Gasteiger partial charge >= 0.3 is 0 Å². The van der Waals surface area contributed by atoms with Crippen molar-refractivity contribution in [1.82, 2.24) is 4.98 Å². The molecule has 2 aromatic rings. The van der Waals surface area contributed by atoms with Crippen LogP contribution in [0.1, 0.15) is 16.1 Å². The molecule has 74 valence electrons. The third-order valence-electron chi connectivity index (χ3n) is 1.93. The molecule has 0 radical (unpaired) electrons. The number of halogens is 1. The van der Waals surface area contributed by atoms with Crippen molar-refractivity contribution >= 4 is 11.3 Å². The zero-order valence-electron chi connectivity index (χ0n) is 8.12. The average Bonchev–Trinajstić information content (AvgIpc) is 2.63. The number of aromatic nitrogens is 1. The van der Waals surface area contributed by atoms with Gasteiger partial charge in [0.1, 0.15) is 5.82 Å². The van der Waals surface area contributed by atoms with E-state index in [1.165, 1.54) is 17.4 Å². The lowest BCUT2D eigenvalue weighted by Gasteiger charge is -1.90. The maximum atomic E-state index is 13.2. The summed E-state index contributed by atoms with van der Waals surface area (Å²) in [5, 5.41) is 0. The Morgan fingerprint density at radius 1 is 1.27 bits per heavy atom. The Kier molecular flexibility index (Phi) is 2.79. The van der Waals surface area contributed by atoms with Crippen LogP contribution in [0.25, 0.3) is 0 Å². The minimum atomic E-state index is -0.285. The highest BCUT2D eigenvalue weighted by molar-refractivity contribution is 7.10. The van der Waals surface area contributed by atoms with Crippen LogP contribution in [0.3, 0.4) is 0 Å². The first-order valence-corrected chi connectivity index (χ1v) is 5.32. The third kappa shape index (κ3) is 2.23. The molecule has 0 atom stereocenters. The lowest BCUT2D eigenvalue weighted by Crippen LogP contribution is -1.81. The molecule has 0 N–H and O–H groups in total. The summed E-state index contributed by atoms with van der Waals surface area (Å²) >= 11 is 1.47. The van der Waals surface area contributed by atoms with Gasteiger partial charge in [0.2, 0.25) is 0 Å². The van der Waals surface area contributed by atoms with E-state index in [0.29, 0.717) is 5.56 Å². The molecule has 2 rings (SSSR count). The molecule has 1 aromatic carbocycles. The van der Waals surface area contributed by atoms with Crippen LogP contribution in [-0.4, -0.2) is 4.98 Å². The molecule has 0 aliphatic heterocycles. The van der Waals surface area contributed by atoms with Crippen LogP contribution in [0, 0.1) is 24.6 Å². The maximum Gasteiger partial charge on any atom is 0.138 e. The first-order chi connectivity index (χ1) is 7.27. The lowest BCUT2D eigenvalue weighted by molar-refractivity contribution is 0.624. The average molecular weight is 217 g/mol. The van der Waals surface area contributed by atoms with Crippen LogP contribution in [0.2, 0.25) is 0 Å². The number of thiazole rings is 1. The van der Waals surface area contributed by atoms with Gasteiger partial charge in [-0.25, -0.2) is 9.37 Å². The quantitative estimate of drug-likeness (QED) is 0.618. The van der Waals surface area contributed by atoms with Crippen molar-refractivity contribution in [3.8, 4) is 11.8 Å². The molecule has 0 aliphatic carbocycles. The number of aryl methyl sites for hydroxylation is 1. The van der Waals surface area contributed by atoms with E-state index in [9.17, 15) is 4.39 Å². The summed E-state index contributed by atoms with van der Waals surface area (Å²) in [7, 11) is 0. The minimum absolute atomic E-state index is 0.285. The molecule has 0 aliphatic rings. The van der Waals surface area contributed by atoms with E-state index in [-0.39, 0.29) is 5.82 Å². The van der Waals surface area contributed by atoms with Gasteiger partial charge in [0.25, 0.3) is 0 Å². The lowest BCUT2D eigenvalue weighted by atomic mass is 10.2. The van der Waals surface area contributed by atoms with Gasteiger partial charge in [-0.15, -0.1) is 11.3 Å². The highest BCUT2D eigenvalue weighted by Gasteiger charge is 1.97. The summed E-state index contributed by atoms with van der Waals surface area (Å²) < 4.78 is 13.2. The van der Waals surface area contributed by atoms with Gasteiger partial charge in [-0.05, 0) is 25.0 Å². The van der Waals surface area contributed by atoms with E-state index in [2.05, 4.69) is 16.8 Å². The van der Waals surface area contributed by atoms with Crippen LogP contribution < -0.4 is 0 Å². The van der Waals surface area contributed by atoms with E-state index in [1.54, 1.807) is 23.7 Å². The van der Waals surface area contributed by atoms with E-state index >= 15 is 0 Å². The van der Waals surface area contributed by atoms with Gasteiger partial charge in [0, 0.05) is 0 Å². The molecule has 1 aromatic heterocycles. The molecule has 0 saturated heterocycles. The first-order valence-electron chi connectivity index (χ1n) is 4.44. The summed E-state index contributed by atoms with van der Waals surface area (Å²) in [6, 6.07) is 6.49. The molecule has 0 saturated carbocycles. The van der Waals surface area contributed by atoms with Crippen LogP contribution in [0.4, 0.5) is 4.39 Å². The van der Waals surface area contributed by atoms with Crippen LogP contribution in [-0.2, 0) is 0 Å². The zero-order chi connectivity index (χ0) is 10.7. The minimum Gasteiger partial charge on any atom is -0.249 e. The number of hydrogen-bond donors (Lipinski definition) is 0. The summed E-state index contributed by atoms with van der Waals surface area (Å²) in [5.74, 6) is 5.43. The van der Waals surface area contributed by atoms with Crippen LogP contribution in [0.15, 0.2) is 29.8 Å². The standard InChI is InChI=1S/C12H8FNS/c1-9-12(15-8-14-9)7-6-10-4-2-3-5-11(10)13/h2-5,8H,1H3. The Bertz CT molecular complexity index is 534. The number of nitrogens with zero attached hydrogens (tertiary/aromatic N) is 1. The van der Waals surface area contributed by atoms with Gasteiger partial charge in [0.05, 0.1) is 21.6 Å². The van der Waals surface area contributed by atoms with Crippen molar-refractivity contribution in [2.75, 3.05) is 0 Å². The Hall–Kier alpha value is -1.66. The maximum absolute atomic E-state index is 13.2. The van der Waals surface area contributed by atoms with Crippen molar-refractivity contribution < 1.29 is 4.39 Å². The summed E-state index contributed by atoms with van der Waals surface area (Å²) in [4.78, 5) is 4.96. The number of hydrogen-bond acceptors (Lipinski definition) is 2. The topological polar surface area (TPSA) is 12.9 Å². The molecule has 15 heavy (non-hydrogen) atoms. The molecule has 0 spiro atoms. The van der Waals surface area contributed by atoms with E-state index < -0.39 is 0 Å². The number of rotatable bonds is 0. The largest absolute Gasteiger partial charge is 0.249 e. The van der Waals surface area contributed by atoms with E-state index in [1.807, 2.05) is 6.92 Å². The van der Waals surface area contributed by atoms with Crippen LogP contribution in [0.5, 0.6) is 0 Å². The van der Waals surface area contributed by atoms with Gasteiger partial charge in [0.15, 0.2) is 0 Å². The van der Waals surface area contributed by atoms with Crippen LogP contribution >= 0.6 is 11.3 Å². The normalized spacial score (nSPS) is 9.47. The summed E-state index contributed by atoms with van der Waals surface area (Å²) in [5.41, 5.74) is 3.05. The van der Waals surface area contributed by atoms with Gasteiger partial charge < -0.3 is 0 Å². The molecule has 0 bridgehead atoms. The molecule has 0 amide bonds. The molecule has 1 nitrogen and oxygen atoms in total. The Morgan fingerprint density at radius 2 is 2.07 bits per heavy atom. The number of benzene rings is 1. The molecule has 0 fully saturated rings. The van der Waals surface area contributed by atoms with Gasteiger partial charge in [-0.1, -0.05) is 18.1 Å². The fourth-order valence-corrected chi connectivity index (χ4v) is 1.76.